The number of aromatic nitrogens is 1. The van der Waals surface area contributed by atoms with Crippen molar-refractivity contribution in [3.63, 3.8) is 0 Å². The van der Waals surface area contributed by atoms with E-state index in [1.807, 2.05) is 116 Å². The fourth-order valence-electron chi connectivity index (χ4n) is 6.38. The molecule has 0 aliphatic heterocycles. The number of carbonyl (C=O) groups is 2. The maximum absolute atomic E-state index is 14.9. The monoisotopic (exact) mass is 570 g/mol. The molecule has 0 bridgehead atoms. The van der Waals surface area contributed by atoms with Gasteiger partial charge >= 0.3 is 0 Å². The SMILES string of the molecule is Cc1cccc(-n2c3ccccc3c3cccc(C)c32)c1C(=O)N(C=O)c1c(-c2ccccc2)cccc1-c1ccccc1. The minimum absolute atomic E-state index is 0.381. The maximum atomic E-state index is 14.9. The van der Waals surface area contributed by atoms with Crippen molar-refractivity contribution in [2.45, 2.75) is 13.8 Å². The lowest BCUT2D eigenvalue weighted by Gasteiger charge is -2.25. The van der Waals surface area contributed by atoms with E-state index in [4.69, 9.17) is 0 Å². The van der Waals surface area contributed by atoms with Gasteiger partial charge in [0, 0.05) is 21.9 Å². The van der Waals surface area contributed by atoms with E-state index in [0.29, 0.717) is 17.7 Å². The molecular weight excluding hydrogens is 540 g/mol. The van der Waals surface area contributed by atoms with Crippen LogP contribution in [0.4, 0.5) is 5.69 Å². The summed E-state index contributed by atoms with van der Waals surface area (Å²) in [5, 5.41) is 2.23. The number of hydrogen-bond acceptors (Lipinski definition) is 2. The zero-order chi connectivity index (χ0) is 30.2. The third kappa shape index (κ3) is 4.40. The van der Waals surface area contributed by atoms with Gasteiger partial charge in [0.1, 0.15) is 0 Å². The standard InChI is InChI=1S/C40H30N2O2/c1-27-14-12-25-36(42-35-24-10-9-20-33(35)34-23-11-15-28(2)38(34)42)37(27)40(44)41(26-43)39-31(29-16-5-3-6-17-29)21-13-22-32(39)30-18-7-4-8-19-30/h3-26H,1-2H3. The molecule has 7 rings (SSSR count). The maximum Gasteiger partial charge on any atom is 0.267 e. The van der Waals surface area contributed by atoms with Crippen molar-refractivity contribution in [1.29, 1.82) is 0 Å². The first-order valence-corrected chi connectivity index (χ1v) is 14.7. The zero-order valence-electron chi connectivity index (χ0n) is 24.6. The van der Waals surface area contributed by atoms with Crippen LogP contribution in [-0.2, 0) is 4.79 Å². The number of aryl methyl sites for hydroxylation is 2. The van der Waals surface area contributed by atoms with E-state index in [-0.39, 0.29) is 5.91 Å². The molecule has 0 atom stereocenters. The molecule has 2 amide bonds. The Labute approximate surface area is 256 Å². The average Bonchev–Trinajstić information content (AvgIpc) is 3.41. The summed E-state index contributed by atoms with van der Waals surface area (Å²) in [6.07, 6.45) is 0.657. The average molecular weight is 571 g/mol. The molecule has 0 spiro atoms. The van der Waals surface area contributed by atoms with Crippen LogP contribution in [0.3, 0.4) is 0 Å². The van der Waals surface area contributed by atoms with Gasteiger partial charge in [-0.3, -0.25) is 9.59 Å². The summed E-state index contributed by atoms with van der Waals surface area (Å²) in [5.74, 6) is -0.381. The van der Waals surface area contributed by atoms with Crippen molar-refractivity contribution < 1.29 is 9.59 Å². The number of para-hydroxylation sites is 3. The van der Waals surface area contributed by atoms with Gasteiger partial charge in [-0.25, -0.2) is 4.90 Å². The number of imide groups is 1. The van der Waals surface area contributed by atoms with Gasteiger partial charge in [-0.2, -0.15) is 0 Å². The number of anilines is 1. The van der Waals surface area contributed by atoms with Crippen LogP contribution >= 0.6 is 0 Å². The van der Waals surface area contributed by atoms with Crippen LogP contribution in [0.15, 0.2) is 140 Å². The summed E-state index contributed by atoms with van der Waals surface area (Å²) >= 11 is 0. The topological polar surface area (TPSA) is 42.3 Å². The summed E-state index contributed by atoms with van der Waals surface area (Å²) in [6, 6.07) is 46.1. The molecular formula is C40H30N2O2. The number of amides is 2. The van der Waals surface area contributed by atoms with Crippen LogP contribution in [0.1, 0.15) is 21.5 Å². The normalized spacial score (nSPS) is 11.1. The van der Waals surface area contributed by atoms with Crippen LogP contribution in [0.5, 0.6) is 0 Å². The second-order valence-corrected chi connectivity index (χ2v) is 11.0. The van der Waals surface area contributed by atoms with Gasteiger partial charge in [0.25, 0.3) is 5.91 Å². The second-order valence-electron chi connectivity index (χ2n) is 11.0. The quantitative estimate of drug-likeness (QED) is 0.187. The third-order valence-corrected chi connectivity index (χ3v) is 8.37. The predicted octanol–water partition coefficient (Wildman–Crippen LogP) is 9.54. The highest BCUT2D eigenvalue weighted by molar-refractivity contribution is 6.22. The number of carbonyl (C=O) groups excluding carboxylic acids is 2. The molecule has 4 heteroatoms. The highest BCUT2D eigenvalue weighted by atomic mass is 16.2. The molecule has 0 radical (unpaired) electrons. The molecule has 0 fully saturated rings. The number of rotatable bonds is 6. The van der Waals surface area contributed by atoms with Crippen molar-refractivity contribution in [2.24, 2.45) is 0 Å². The Kier molecular flexibility index (Phi) is 6.88. The molecule has 0 saturated carbocycles. The van der Waals surface area contributed by atoms with E-state index in [0.717, 1.165) is 60.9 Å². The third-order valence-electron chi connectivity index (χ3n) is 8.37. The second kappa shape index (κ2) is 11.2. The number of benzene rings is 6. The van der Waals surface area contributed by atoms with Gasteiger partial charge in [0.15, 0.2) is 0 Å². The van der Waals surface area contributed by atoms with Gasteiger partial charge < -0.3 is 4.57 Å². The molecule has 6 aromatic carbocycles. The van der Waals surface area contributed by atoms with E-state index >= 15 is 0 Å². The Bertz CT molecular complexity index is 2120. The van der Waals surface area contributed by atoms with Crippen LogP contribution in [0.2, 0.25) is 0 Å². The predicted molar refractivity (Wildman–Crippen MR) is 180 cm³/mol. The molecule has 0 N–H and O–H groups in total. The molecule has 7 aromatic rings. The fourth-order valence-corrected chi connectivity index (χ4v) is 6.38. The Hall–Kier alpha value is -5.74. The van der Waals surface area contributed by atoms with Crippen LogP contribution < -0.4 is 4.90 Å². The van der Waals surface area contributed by atoms with E-state index in [2.05, 4.69) is 41.8 Å². The first-order valence-electron chi connectivity index (χ1n) is 14.7. The molecule has 0 saturated heterocycles. The minimum Gasteiger partial charge on any atom is -0.308 e. The van der Waals surface area contributed by atoms with E-state index in [1.165, 1.54) is 4.90 Å². The lowest BCUT2D eigenvalue weighted by atomic mass is 9.94. The smallest absolute Gasteiger partial charge is 0.267 e. The lowest BCUT2D eigenvalue weighted by molar-refractivity contribution is -0.106. The van der Waals surface area contributed by atoms with Crippen molar-refractivity contribution in [2.75, 3.05) is 4.90 Å². The summed E-state index contributed by atoms with van der Waals surface area (Å²) in [6.45, 7) is 4.02. The highest BCUT2D eigenvalue weighted by Crippen LogP contribution is 2.41. The van der Waals surface area contributed by atoms with E-state index in [1.54, 1.807) is 0 Å². The zero-order valence-corrected chi connectivity index (χ0v) is 24.6. The molecule has 1 heterocycles. The van der Waals surface area contributed by atoms with Gasteiger partial charge in [-0.15, -0.1) is 0 Å². The molecule has 212 valence electrons. The first-order chi connectivity index (χ1) is 21.6. The van der Waals surface area contributed by atoms with Crippen LogP contribution in [0.25, 0.3) is 49.7 Å². The van der Waals surface area contributed by atoms with Crippen molar-refractivity contribution in [1.82, 2.24) is 4.57 Å². The largest absolute Gasteiger partial charge is 0.308 e. The van der Waals surface area contributed by atoms with E-state index < -0.39 is 0 Å². The Morgan fingerprint density at radius 1 is 0.591 bits per heavy atom. The summed E-state index contributed by atoms with van der Waals surface area (Å²) in [5.41, 5.74) is 9.15. The van der Waals surface area contributed by atoms with Crippen molar-refractivity contribution in [3.05, 3.63) is 156 Å². The molecule has 4 nitrogen and oxygen atoms in total. The molecule has 1 aromatic heterocycles. The molecule has 0 aliphatic rings. The van der Waals surface area contributed by atoms with Crippen LogP contribution in [-0.4, -0.2) is 16.9 Å². The Balaban J connectivity index is 1.50. The molecule has 44 heavy (non-hydrogen) atoms. The number of hydrogen-bond donors (Lipinski definition) is 0. The minimum atomic E-state index is -0.381. The van der Waals surface area contributed by atoms with Gasteiger partial charge in [0.05, 0.1) is 28.0 Å². The summed E-state index contributed by atoms with van der Waals surface area (Å²) < 4.78 is 2.17. The molecule has 0 aliphatic carbocycles. The Morgan fingerprint density at radius 2 is 1.14 bits per heavy atom. The summed E-state index contributed by atoms with van der Waals surface area (Å²) in [4.78, 5) is 29.4. The van der Waals surface area contributed by atoms with Crippen LogP contribution in [0, 0.1) is 13.8 Å². The Morgan fingerprint density at radius 3 is 1.80 bits per heavy atom. The summed E-state index contributed by atoms with van der Waals surface area (Å²) in [7, 11) is 0. The fraction of sp³-hybridized carbons (Fsp3) is 0.0500. The first kappa shape index (κ1) is 27.1. The molecule has 0 unspecified atom stereocenters. The van der Waals surface area contributed by atoms with Gasteiger partial charge in [0.2, 0.25) is 6.41 Å². The lowest BCUT2D eigenvalue weighted by Crippen LogP contribution is -2.32. The van der Waals surface area contributed by atoms with Gasteiger partial charge in [-0.05, 0) is 48.2 Å². The van der Waals surface area contributed by atoms with Gasteiger partial charge in [-0.1, -0.05) is 127 Å². The number of fused-ring (bicyclic) bond motifs is 3. The number of nitrogens with zero attached hydrogens (tertiary/aromatic N) is 2. The van der Waals surface area contributed by atoms with Crippen molar-refractivity contribution in [3.8, 4) is 27.9 Å². The van der Waals surface area contributed by atoms with Crippen molar-refractivity contribution >= 4 is 39.8 Å². The highest BCUT2D eigenvalue weighted by Gasteiger charge is 2.28. The van der Waals surface area contributed by atoms with E-state index in [9.17, 15) is 9.59 Å².